The molecule has 0 saturated carbocycles. The van der Waals surface area contributed by atoms with Crippen LogP contribution in [-0.2, 0) is 6.18 Å². The summed E-state index contributed by atoms with van der Waals surface area (Å²) in [6, 6.07) is 2.85. The zero-order valence-corrected chi connectivity index (χ0v) is 10.1. The summed E-state index contributed by atoms with van der Waals surface area (Å²) in [5, 5.41) is 8.62. The number of hydrogen-bond acceptors (Lipinski definition) is 3. The van der Waals surface area contributed by atoms with Crippen LogP contribution < -0.4 is 5.56 Å². The monoisotopic (exact) mass is 297 g/mol. The molecule has 0 spiro atoms. The number of imidazole rings is 1. The Morgan fingerprint density at radius 1 is 1.33 bits per heavy atom. The maximum Gasteiger partial charge on any atom is 0.417 e. The first-order valence-corrected chi connectivity index (χ1v) is 5.63. The molecule has 0 saturated heterocycles. The summed E-state index contributed by atoms with van der Waals surface area (Å²) in [5.41, 5.74) is -2.40. The molecule has 3 aromatic heterocycles. The third-order valence-electron chi connectivity index (χ3n) is 2.96. The Bertz CT molecular complexity index is 940. The summed E-state index contributed by atoms with van der Waals surface area (Å²) in [4.78, 5) is 28.3. The minimum absolute atomic E-state index is 0.120. The highest BCUT2D eigenvalue weighted by atomic mass is 19.4. The normalized spacial score (nSPS) is 12.1. The van der Waals surface area contributed by atoms with Crippen LogP contribution in [0.25, 0.3) is 16.7 Å². The third-order valence-corrected chi connectivity index (χ3v) is 2.96. The average Bonchev–Trinajstić information content (AvgIpc) is 2.81. The highest BCUT2D eigenvalue weighted by Gasteiger charge is 2.33. The second-order valence-electron chi connectivity index (χ2n) is 4.30. The lowest BCUT2D eigenvalue weighted by atomic mass is 10.1. The number of aromatic nitrogens is 3. The van der Waals surface area contributed by atoms with Crippen molar-refractivity contribution in [2.75, 3.05) is 0 Å². The molecule has 2 N–H and O–H groups in total. The summed E-state index contributed by atoms with van der Waals surface area (Å²) in [5.74, 6) is -1.32. The summed E-state index contributed by atoms with van der Waals surface area (Å²) in [6.07, 6.45) is -3.65. The highest BCUT2D eigenvalue weighted by molar-refractivity contribution is 5.88. The Morgan fingerprint density at radius 3 is 2.67 bits per heavy atom. The van der Waals surface area contributed by atoms with Gasteiger partial charge in [0, 0.05) is 17.6 Å². The van der Waals surface area contributed by atoms with Crippen molar-refractivity contribution in [1.82, 2.24) is 14.4 Å². The first-order chi connectivity index (χ1) is 9.77. The first kappa shape index (κ1) is 13.2. The van der Waals surface area contributed by atoms with Gasteiger partial charge < -0.3 is 10.1 Å². The van der Waals surface area contributed by atoms with E-state index in [0.29, 0.717) is 6.07 Å². The van der Waals surface area contributed by atoms with Crippen molar-refractivity contribution in [3.63, 3.8) is 0 Å². The fourth-order valence-corrected chi connectivity index (χ4v) is 2.10. The Kier molecular flexibility index (Phi) is 2.55. The molecular weight excluding hydrogens is 291 g/mol. The maximum atomic E-state index is 13.0. The molecule has 0 bridgehead atoms. The number of carboxylic acids is 1. The van der Waals surface area contributed by atoms with Gasteiger partial charge in [-0.05, 0) is 12.1 Å². The Morgan fingerprint density at radius 2 is 2.05 bits per heavy atom. The van der Waals surface area contributed by atoms with Crippen LogP contribution in [0.15, 0.2) is 29.2 Å². The van der Waals surface area contributed by atoms with Crippen molar-refractivity contribution in [2.45, 2.75) is 6.18 Å². The number of nitrogens with zero attached hydrogens (tertiary/aromatic N) is 2. The number of pyridine rings is 2. The number of carboxylic acid groups (broad SMARTS) is 1. The van der Waals surface area contributed by atoms with Gasteiger partial charge in [-0.1, -0.05) is 0 Å². The van der Waals surface area contributed by atoms with Crippen molar-refractivity contribution in [2.24, 2.45) is 0 Å². The highest BCUT2D eigenvalue weighted by Crippen LogP contribution is 2.33. The van der Waals surface area contributed by atoms with Crippen LogP contribution in [-0.4, -0.2) is 25.4 Å². The molecule has 0 unspecified atom stereocenters. The van der Waals surface area contributed by atoms with Gasteiger partial charge in [0.15, 0.2) is 5.69 Å². The zero-order valence-electron chi connectivity index (χ0n) is 10.1. The number of hydrogen-bond donors (Lipinski definition) is 2. The van der Waals surface area contributed by atoms with E-state index in [1.807, 2.05) is 0 Å². The predicted octanol–water partition coefficient (Wildman–Crippen LogP) is 1.89. The van der Waals surface area contributed by atoms with E-state index in [1.54, 1.807) is 0 Å². The first-order valence-electron chi connectivity index (χ1n) is 5.63. The van der Waals surface area contributed by atoms with E-state index in [4.69, 9.17) is 5.11 Å². The van der Waals surface area contributed by atoms with Gasteiger partial charge in [0.05, 0.1) is 5.56 Å². The number of aromatic amines is 1. The number of aromatic carboxylic acids is 1. The molecular formula is C12H6F3N3O3. The molecule has 0 atom stereocenters. The number of H-pyrrole nitrogens is 1. The van der Waals surface area contributed by atoms with E-state index in [2.05, 4.69) is 9.97 Å². The van der Waals surface area contributed by atoms with Crippen LogP contribution in [0.3, 0.4) is 0 Å². The molecule has 3 rings (SSSR count). The SMILES string of the molecule is O=C(O)c1cn2c(ccc3c(C(F)(F)F)cc(=O)[nH]c32)n1. The molecule has 3 heterocycles. The van der Waals surface area contributed by atoms with Crippen molar-refractivity contribution in [1.29, 1.82) is 0 Å². The quantitative estimate of drug-likeness (QED) is 0.718. The number of alkyl halides is 3. The van der Waals surface area contributed by atoms with Gasteiger partial charge in [-0.25, -0.2) is 9.78 Å². The van der Waals surface area contributed by atoms with Crippen molar-refractivity contribution in [3.8, 4) is 0 Å². The molecule has 0 aliphatic rings. The molecule has 9 heteroatoms. The summed E-state index contributed by atoms with van der Waals surface area (Å²) >= 11 is 0. The Balaban J connectivity index is 2.48. The molecule has 3 aromatic rings. The molecule has 0 aliphatic heterocycles. The van der Waals surface area contributed by atoms with E-state index in [-0.39, 0.29) is 22.4 Å². The standard InChI is InChI=1S/C12H6F3N3O3/c13-12(14,15)6-3-9(19)17-10-5(6)1-2-8-16-7(11(20)21)4-18(8)10/h1-4H,(H,17,19)(H,20,21). The van der Waals surface area contributed by atoms with Gasteiger partial charge in [-0.2, -0.15) is 13.2 Å². The number of fused-ring (bicyclic) bond motifs is 3. The van der Waals surface area contributed by atoms with E-state index >= 15 is 0 Å². The second kappa shape index (κ2) is 4.08. The van der Waals surface area contributed by atoms with Gasteiger partial charge in [0.25, 0.3) is 0 Å². The minimum atomic E-state index is -4.70. The van der Waals surface area contributed by atoms with Crippen LogP contribution in [0.5, 0.6) is 0 Å². The summed E-state index contributed by atoms with van der Waals surface area (Å²) in [7, 11) is 0. The number of rotatable bonds is 1. The predicted molar refractivity (Wildman–Crippen MR) is 65.3 cm³/mol. The number of nitrogens with one attached hydrogen (secondary N) is 1. The molecule has 0 radical (unpaired) electrons. The van der Waals surface area contributed by atoms with Crippen LogP contribution in [0.2, 0.25) is 0 Å². The largest absolute Gasteiger partial charge is 0.476 e. The second-order valence-corrected chi connectivity index (χ2v) is 4.30. The zero-order chi connectivity index (χ0) is 15.4. The van der Waals surface area contributed by atoms with Gasteiger partial charge >= 0.3 is 12.1 Å². The fourth-order valence-electron chi connectivity index (χ4n) is 2.10. The van der Waals surface area contributed by atoms with Gasteiger partial charge in [0.1, 0.15) is 11.3 Å². The fraction of sp³-hybridized carbons (Fsp3) is 0.0833. The number of halogens is 3. The van der Waals surface area contributed by atoms with Crippen LogP contribution >= 0.6 is 0 Å². The minimum Gasteiger partial charge on any atom is -0.476 e. The molecule has 0 aliphatic carbocycles. The van der Waals surface area contributed by atoms with Gasteiger partial charge in [-0.3, -0.25) is 9.20 Å². The summed E-state index contributed by atoms with van der Waals surface area (Å²) in [6.45, 7) is 0. The number of carbonyl (C=O) groups is 1. The smallest absolute Gasteiger partial charge is 0.417 e. The van der Waals surface area contributed by atoms with Crippen molar-refractivity contribution >= 4 is 22.6 Å². The molecule has 0 amide bonds. The van der Waals surface area contributed by atoms with Crippen LogP contribution in [0.1, 0.15) is 16.1 Å². The lowest BCUT2D eigenvalue weighted by Gasteiger charge is -2.10. The lowest BCUT2D eigenvalue weighted by molar-refractivity contribution is -0.136. The molecule has 0 aromatic carbocycles. The van der Waals surface area contributed by atoms with Gasteiger partial charge in [0.2, 0.25) is 5.56 Å². The van der Waals surface area contributed by atoms with E-state index in [9.17, 15) is 22.8 Å². The van der Waals surface area contributed by atoms with E-state index in [1.165, 1.54) is 6.07 Å². The van der Waals surface area contributed by atoms with Crippen molar-refractivity contribution in [3.05, 3.63) is 46.0 Å². The topological polar surface area (TPSA) is 87.5 Å². The lowest BCUT2D eigenvalue weighted by Crippen LogP contribution is -2.15. The van der Waals surface area contributed by atoms with E-state index in [0.717, 1.165) is 16.7 Å². The molecule has 21 heavy (non-hydrogen) atoms. The van der Waals surface area contributed by atoms with Crippen LogP contribution in [0.4, 0.5) is 13.2 Å². The molecule has 0 fully saturated rings. The average molecular weight is 297 g/mol. The van der Waals surface area contributed by atoms with Crippen molar-refractivity contribution < 1.29 is 23.1 Å². The summed E-state index contributed by atoms with van der Waals surface area (Å²) < 4.78 is 40.0. The van der Waals surface area contributed by atoms with E-state index < -0.39 is 23.3 Å². The van der Waals surface area contributed by atoms with Gasteiger partial charge in [-0.15, -0.1) is 0 Å². The molecule has 108 valence electrons. The van der Waals surface area contributed by atoms with Crippen LogP contribution in [0, 0.1) is 0 Å². The Labute approximate surface area is 113 Å². The molecule has 6 nitrogen and oxygen atoms in total. The third kappa shape index (κ3) is 2.02. The Hall–Kier alpha value is -2.84. The maximum absolute atomic E-state index is 13.0.